The summed E-state index contributed by atoms with van der Waals surface area (Å²) >= 11 is 0. The second-order valence-electron chi connectivity index (χ2n) is 6.62. The predicted molar refractivity (Wildman–Crippen MR) is 90.5 cm³/mol. The maximum absolute atomic E-state index is 13.2. The van der Waals surface area contributed by atoms with Gasteiger partial charge in [0.1, 0.15) is 17.3 Å². The van der Waals surface area contributed by atoms with E-state index in [0.29, 0.717) is 5.58 Å². The molecule has 2 aromatic heterocycles. The molecule has 0 amide bonds. The fourth-order valence-electron chi connectivity index (χ4n) is 3.35. The SMILES string of the molecule is Cc1noc(C)c1CN1CCN(Cc2noc3cc(F)ccc23)CC1. The molecular weight excluding hydrogens is 323 g/mol. The Balaban J connectivity index is 1.37. The van der Waals surface area contributed by atoms with Gasteiger partial charge in [-0.3, -0.25) is 9.80 Å². The van der Waals surface area contributed by atoms with Crippen molar-refractivity contribution in [2.75, 3.05) is 26.2 Å². The lowest BCUT2D eigenvalue weighted by Gasteiger charge is -2.34. The van der Waals surface area contributed by atoms with Gasteiger partial charge in [-0.2, -0.15) is 0 Å². The molecule has 7 heteroatoms. The zero-order chi connectivity index (χ0) is 17.4. The molecule has 0 N–H and O–H groups in total. The number of nitrogens with zero attached hydrogens (tertiary/aromatic N) is 4. The number of fused-ring (bicyclic) bond motifs is 1. The van der Waals surface area contributed by atoms with Gasteiger partial charge < -0.3 is 9.05 Å². The molecule has 1 saturated heterocycles. The molecule has 0 atom stereocenters. The lowest BCUT2D eigenvalue weighted by atomic mass is 10.1. The van der Waals surface area contributed by atoms with Crippen molar-refractivity contribution >= 4 is 11.0 Å². The first-order valence-electron chi connectivity index (χ1n) is 8.50. The summed E-state index contributed by atoms with van der Waals surface area (Å²) in [5.41, 5.74) is 3.54. The first-order chi connectivity index (χ1) is 12.1. The third-order valence-corrected chi connectivity index (χ3v) is 4.91. The smallest absolute Gasteiger partial charge is 0.170 e. The molecule has 0 spiro atoms. The van der Waals surface area contributed by atoms with Crippen molar-refractivity contribution in [2.45, 2.75) is 26.9 Å². The molecule has 0 unspecified atom stereocenters. The van der Waals surface area contributed by atoms with Crippen LogP contribution >= 0.6 is 0 Å². The van der Waals surface area contributed by atoms with Crippen LogP contribution in [0.3, 0.4) is 0 Å². The number of benzene rings is 1. The first kappa shape index (κ1) is 16.2. The van der Waals surface area contributed by atoms with Crippen LogP contribution in [0.15, 0.2) is 27.2 Å². The van der Waals surface area contributed by atoms with Gasteiger partial charge in [-0.1, -0.05) is 10.3 Å². The Labute approximate surface area is 145 Å². The van der Waals surface area contributed by atoms with E-state index >= 15 is 0 Å². The number of hydrogen-bond donors (Lipinski definition) is 0. The van der Waals surface area contributed by atoms with Gasteiger partial charge in [0.2, 0.25) is 0 Å². The number of rotatable bonds is 4. The number of aryl methyl sites for hydroxylation is 2. The monoisotopic (exact) mass is 344 g/mol. The summed E-state index contributed by atoms with van der Waals surface area (Å²) in [7, 11) is 0. The molecular formula is C18H21FN4O2. The molecule has 132 valence electrons. The van der Waals surface area contributed by atoms with Crippen molar-refractivity contribution in [2.24, 2.45) is 0 Å². The van der Waals surface area contributed by atoms with Crippen LogP contribution in [0.2, 0.25) is 0 Å². The Morgan fingerprint density at radius 3 is 2.40 bits per heavy atom. The molecule has 0 radical (unpaired) electrons. The highest BCUT2D eigenvalue weighted by molar-refractivity contribution is 5.79. The van der Waals surface area contributed by atoms with Crippen molar-refractivity contribution in [3.8, 4) is 0 Å². The molecule has 6 nitrogen and oxygen atoms in total. The van der Waals surface area contributed by atoms with Crippen molar-refractivity contribution in [1.82, 2.24) is 20.1 Å². The number of piperazine rings is 1. The maximum atomic E-state index is 13.2. The van der Waals surface area contributed by atoms with Crippen LogP contribution in [0.5, 0.6) is 0 Å². The molecule has 1 aliphatic heterocycles. The second kappa shape index (κ2) is 6.57. The fraction of sp³-hybridized carbons (Fsp3) is 0.444. The van der Waals surface area contributed by atoms with E-state index in [4.69, 9.17) is 9.05 Å². The Hall–Kier alpha value is -2.25. The van der Waals surface area contributed by atoms with Gasteiger partial charge in [0.15, 0.2) is 5.58 Å². The molecule has 0 aliphatic carbocycles. The van der Waals surface area contributed by atoms with Crippen molar-refractivity contribution < 1.29 is 13.4 Å². The van der Waals surface area contributed by atoms with E-state index in [-0.39, 0.29) is 5.82 Å². The highest BCUT2D eigenvalue weighted by Gasteiger charge is 2.21. The Morgan fingerprint density at radius 1 is 1.00 bits per heavy atom. The summed E-state index contributed by atoms with van der Waals surface area (Å²) in [6.07, 6.45) is 0. The summed E-state index contributed by atoms with van der Waals surface area (Å²) in [6, 6.07) is 4.57. The van der Waals surface area contributed by atoms with Crippen molar-refractivity contribution in [3.63, 3.8) is 0 Å². The summed E-state index contributed by atoms with van der Waals surface area (Å²) < 4.78 is 23.7. The highest BCUT2D eigenvalue weighted by atomic mass is 19.1. The Kier molecular flexibility index (Phi) is 4.27. The lowest BCUT2D eigenvalue weighted by molar-refractivity contribution is 0.120. The molecule has 0 saturated carbocycles. The van der Waals surface area contributed by atoms with Gasteiger partial charge in [0, 0.05) is 56.3 Å². The number of halogens is 1. The Bertz CT molecular complexity index is 861. The minimum Gasteiger partial charge on any atom is -0.361 e. The van der Waals surface area contributed by atoms with Crippen molar-refractivity contribution in [1.29, 1.82) is 0 Å². The van der Waals surface area contributed by atoms with Crippen LogP contribution in [0.1, 0.15) is 22.7 Å². The van der Waals surface area contributed by atoms with Crippen LogP contribution in [-0.2, 0) is 13.1 Å². The quantitative estimate of drug-likeness (QED) is 0.725. The van der Waals surface area contributed by atoms with Crippen LogP contribution < -0.4 is 0 Å². The topological polar surface area (TPSA) is 58.5 Å². The van der Waals surface area contributed by atoms with Crippen LogP contribution in [0.25, 0.3) is 11.0 Å². The van der Waals surface area contributed by atoms with E-state index in [1.54, 1.807) is 6.07 Å². The van der Waals surface area contributed by atoms with E-state index in [1.165, 1.54) is 17.7 Å². The summed E-state index contributed by atoms with van der Waals surface area (Å²) in [4.78, 5) is 4.77. The summed E-state index contributed by atoms with van der Waals surface area (Å²) in [5.74, 6) is 0.601. The highest BCUT2D eigenvalue weighted by Crippen LogP contribution is 2.22. The van der Waals surface area contributed by atoms with Crippen molar-refractivity contribution in [3.05, 3.63) is 46.7 Å². The zero-order valence-electron chi connectivity index (χ0n) is 14.5. The van der Waals surface area contributed by atoms with Gasteiger partial charge >= 0.3 is 0 Å². The molecule has 25 heavy (non-hydrogen) atoms. The predicted octanol–water partition coefficient (Wildman–Crippen LogP) is 2.89. The summed E-state index contributed by atoms with van der Waals surface area (Å²) in [6.45, 7) is 9.42. The van der Waals surface area contributed by atoms with E-state index in [2.05, 4.69) is 20.1 Å². The molecule has 1 aliphatic rings. The molecule has 4 rings (SSSR count). The lowest BCUT2D eigenvalue weighted by Crippen LogP contribution is -2.45. The van der Waals surface area contributed by atoms with Gasteiger partial charge in [0.05, 0.1) is 5.69 Å². The zero-order valence-corrected chi connectivity index (χ0v) is 14.5. The third-order valence-electron chi connectivity index (χ3n) is 4.91. The second-order valence-corrected chi connectivity index (χ2v) is 6.62. The normalized spacial score (nSPS) is 16.8. The summed E-state index contributed by atoms with van der Waals surface area (Å²) in [5, 5.41) is 9.03. The standard InChI is InChI=1S/C18H21FN4O2/c1-12-16(13(2)24-20-12)10-22-5-7-23(8-6-22)11-17-15-4-3-14(19)9-18(15)25-21-17/h3-4,9H,5-8,10-11H2,1-2H3. The molecule has 3 heterocycles. The first-order valence-corrected chi connectivity index (χ1v) is 8.50. The van der Waals surface area contributed by atoms with Gasteiger partial charge in [-0.05, 0) is 26.0 Å². The average molecular weight is 344 g/mol. The van der Waals surface area contributed by atoms with Crippen LogP contribution in [0, 0.1) is 19.7 Å². The molecule has 0 bridgehead atoms. The average Bonchev–Trinajstić information content (AvgIpc) is 3.14. The maximum Gasteiger partial charge on any atom is 0.170 e. The van der Waals surface area contributed by atoms with Gasteiger partial charge in [-0.15, -0.1) is 0 Å². The van der Waals surface area contributed by atoms with E-state index in [9.17, 15) is 4.39 Å². The van der Waals surface area contributed by atoms with E-state index < -0.39 is 0 Å². The fourth-order valence-corrected chi connectivity index (χ4v) is 3.35. The van der Waals surface area contributed by atoms with Gasteiger partial charge in [0.25, 0.3) is 0 Å². The molecule has 1 aromatic carbocycles. The number of aromatic nitrogens is 2. The van der Waals surface area contributed by atoms with Crippen LogP contribution in [0.4, 0.5) is 4.39 Å². The largest absolute Gasteiger partial charge is 0.361 e. The van der Waals surface area contributed by atoms with Gasteiger partial charge in [-0.25, -0.2) is 4.39 Å². The van der Waals surface area contributed by atoms with E-state index in [0.717, 1.165) is 61.8 Å². The van der Waals surface area contributed by atoms with Crippen LogP contribution in [-0.4, -0.2) is 46.3 Å². The third kappa shape index (κ3) is 3.29. The van der Waals surface area contributed by atoms with E-state index in [1.807, 2.05) is 13.8 Å². The minimum atomic E-state index is -0.303. The molecule has 3 aromatic rings. The Morgan fingerprint density at radius 2 is 1.72 bits per heavy atom. The number of hydrogen-bond acceptors (Lipinski definition) is 6. The molecule has 1 fully saturated rings. The minimum absolute atomic E-state index is 0.303.